The van der Waals surface area contributed by atoms with Crippen LogP contribution in [-0.2, 0) is 17.9 Å². The molecule has 0 aliphatic carbocycles. The van der Waals surface area contributed by atoms with Crippen molar-refractivity contribution in [3.63, 3.8) is 0 Å². The van der Waals surface area contributed by atoms with Gasteiger partial charge in [-0.25, -0.2) is 4.79 Å². The zero-order valence-corrected chi connectivity index (χ0v) is 14.5. The van der Waals surface area contributed by atoms with E-state index in [2.05, 4.69) is 21.0 Å². The van der Waals surface area contributed by atoms with Gasteiger partial charge in [-0.1, -0.05) is 12.1 Å². The number of aromatic nitrogens is 2. The predicted octanol–water partition coefficient (Wildman–Crippen LogP) is 3.65. The lowest BCUT2D eigenvalue weighted by Gasteiger charge is -2.04. The van der Waals surface area contributed by atoms with Crippen LogP contribution in [-0.4, -0.2) is 22.9 Å². The molecule has 1 aromatic carbocycles. The summed E-state index contributed by atoms with van der Waals surface area (Å²) in [7, 11) is 1.60. The number of hydrogen-bond acceptors (Lipinski definition) is 5. The van der Waals surface area contributed by atoms with E-state index in [1.807, 2.05) is 30.5 Å². The summed E-state index contributed by atoms with van der Waals surface area (Å²) in [6, 6.07) is 10.7. The lowest BCUT2D eigenvalue weighted by atomic mass is 10.2. The van der Waals surface area contributed by atoms with Crippen LogP contribution in [0.1, 0.15) is 21.9 Å². The Morgan fingerprint density at radius 2 is 2.04 bits per heavy atom. The van der Waals surface area contributed by atoms with E-state index in [1.165, 1.54) is 0 Å². The fourth-order valence-corrected chi connectivity index (χ4v) is 2.43. The van der Waals surface area contributed by atoms with Crippen LogP contribution in [0.15, 0.2) is 57.7 Å². The Labute approximate surface area is 147 Å². The summed E-state index contributed by atoms with van der Waals surface area (Å²) in [5.41, 5.74) is 0.873. The number of halogens is 1. The Balaban J connectivity index is 1.56. The third kappa shape index (κ3) is 4.05. The first-order valence-electron chi connectivity index (χ1n) is 7.21. The Bertz CT molecular complexity index is 823. The van der Waals surface area contributed by atoms with E-state index in [0.29, 0.717) is 12.3 Å². The smallest absolute Gasteiger partial charge is 0.374 e. The van der Waals surface area contributed by atoms with Crippen molar-refractivity contribution in [1.29, 1.82) is 0 Å². The first-order chi connectivity index (χ1) is 11.6. The van der Waals surface area contributed by atoms with E-state index in [1.54, 1.807) is 30.1 Å². The van der Waals surface area contributed by atoms with E-state index >= 15 is 0 Å². The van der Waals surface area contributed by atoms with Gasteiger partial charge in [0.1, 0.15) is 18.1 Å². The molecule has 2 heterocycles. The minimum absolute atomic E-state index is 0.171. The van der Waals surface area contributed by atoms with Gasteiger partial charge in [0.2, 0.25) is 5.76 Å². The van der Waals surface area contributed by atoms with Crippen LogP contribution in [0, 0.1) is 0 Å². The summed E-state index contributed by atoms with van der Waals surface area (Å²) in [6.45, 7) is 0.613. The number of furan rings is 1. The molecule has 0 unspecified atom stereocenters. The molecule has 0 aliphatic rings. The van der Waals surface area contributed by atoms with Crippen molar-refractivity contribution in [3.05, 3.63) is 70.3 Å². The SMILES string of the molecule is COc1ccc(COC(=O)c2ccc(Cn3cc(Br)cn3)o2)cc1. The molecule has 0 bridgehead atoms. The highest BCUT2D eigenvalue weighted by Crippen LogP contribution is 2.15. The van der Waals surface area contributed by atoms with Crippen molar-refractivity contribution < 1.29 is 18.7 Å². The van der Waals surface area contributed by atoms with Crippen LogP contribution in [0.25, 0.3) is 0 Å². The summed E-state index contributed by atoms with van der Waals surface area (Å²) in [4.78, 5) is 12.0. The van der Waals surface area contributed by atoms with Crippen LogP contribution >= 0.6 is 15.9 Å². The number of rotatable bonds is 6. The number of methoxy groups -OCH3 is 1. The molecule has 0 spiro atoms. The molecule has 0 aliphatic heterocycles. The maximum Gasteiger partial charge on any atom is 0.374 e. The van der Waals surface area contributed by atoms with Gasteiger partial charge >= 0.3 is 5.97 Å². The van der Waals surface area contributed by atoms with E-state index in [9.17, 15) is 4.79 Å². The molecule has 24 heavy (non-hydrogen) atoms. The van der Waals surface area contributed by atoms with Crippen molar-refractivity contribution in [2.75, 3.05) is 7.11 Å². The summed E-state index contributed by atoms with van der Waals surface area (Å²) in [6.07, 6.45) is 3.51. The van der Waals surface area contributed by atoms with Gasteiger partial charge in [0, 0.05) is 6.20 Å². The van der Waals surface area contributed by atoms with Gasteiger partial charge in [0.25, 0.3) is 0 Å². The Hall–Kier alpha value is -2.54. The largest absolute Gasteiger partial charge is 0.497 e. The van der Waals surface area contributed by atoms with Crippen molar-refractivity contribution in [3.8, 4) is 5.75 Å². The molecular formula is C17H15BrN2O4. The van der Waals surface area contributed by atoms with Crippen LogP contribution in [0.4, 0.5) is 0 Å². The van der Waals surface area contributed by atoms with E-state index < -0.39 is 5.97 Å². The van der Waals surface area contributed by atoms with Gasteiger partial charge < -0.3 is 13.9 Å². The van der Waals surface area contributed by atoms with Gasteiger partial charge in [-0.15, -0.1) is 0 Å². The summed E-state index contributed by atoms with van der Waals surface area (Å²) >= 11 is 3.33. The first-order valence-corrected chi connectivity index (χ1v) is 8.00. The van der Waals surface area contributed by atoms with Crippen LogP contribution in [0.3, 0.4) is 0 Å². The molecule has 0 saturated heterocycles. The summed E-state index contributed by atoms with van der Waals surface area (Å²) < 4.78 is 18.4. The maximum absolute atomic E-state index is 12.0. The summed E-state index contributed by atoms with van der Waals surface area (Å²) in [5, 5.41) is 4.14. The monoisotopic (exact) mass is 390 g/mol. The quantitative estimate of drug-likeness (QED) is 0.600. The number of esters is 1. The molecule has 0 saturated carbocycles. The third-order valence-corrected chi connectivity index (χ3v) is 3.72. The van der Waals surface area contributed by atoms with E-state index in [4.69, 9.17) is 13.9 Å². The van der Waals surface area contributed by atoms with E-state index in [0.717, 1.165) is 15.8 Å². The second-order valence-corrected chi connectivity index (χ2v) is 5.96. The fourth-order valence-electron chi connectivity index (χ4n) is 2.10. The van der Waals surface area contributed by atoms with Crippen molar-refractivity contribution in [2.45, 2.75) is 13.2 Å². The number of hydrogen-bond donors (Lipinski definition) is 0. The molecule has 124 valence electrons. The molecule has 0 fully saturated rings. The molecule has 3 aromatic rings. The Morgan fingerprint density at radius 1 is 1.25 bits per heavy atom. The van der Waals surface area contributed by atoms with E-state index in [-0.39, 0.29) is 12.4 Å². The lowest BCUT2D eigenvalue weighted by Crippen LogP contribution is -2.04. The van der Waals surface area contributed by atoms with Crippen molar-refractivity contribution >= 4 is 21.9 Å². The minimum atomic E-state index is -0.501. The molecule has 0 radical (unpaired) electrons. The normalized spacial score (nSPS) is 10.6. The fraction of sp³-hybridized carbons (Fsp3) is 0.176. The zero-order chi connectivity index (χ0) is 16.9. The number of carbonyl (C=O) groups is 1. The number of ether oxygens (including phenoxy) is 2. The Morgan fingerprint density at radius 3 is 2.71 bits per heavy atom. The molecule has 6 nitrogen and oxygen atoms in total. The number of nitrogens with zero attached hydrogens (tertiary/aromatic N) is 2. The zero-order valence-electron chi connectivity index (χ0n) is 12.9. The highest BCUT2D eigenvalue weighted by molar-refractivity contribution is 9.10. The second kappa shape index (κ2) is 7.35. The lowest BCUT2D eigenvalue weighted by molar-refractivity contribution is 0.0434. The molecule has 2 aromatic heterocycles. The molecule has 3 rings (SSSR count). The molecule has 0 amide bonds. The van der Waals surface area contributed by atoms with Gasteiger partial charge in [-0.2, -0.15) is 5.10 Å². The average molecular weight is 391 g/mol. The Kier molecular flexibility index (Phi) is 5.00. The topological polar surface area (TPSA) is 66.5 Å². The van der Waals surface area contributed by atoms with Gasteiger partial charge in [0.05, 0.1) is 24.3 Å². The molecule has 7 heteroatoms. The molecular weight excluding hydrogens is 376 g/mol. The van der Waals surface area contributed by atoms with Gasteiger partial charge in [-0.05, 0) is 45.8 Å². The van der Waals surface area contributed by atoms with Crippen LogP contribution in [0.2, 0.25) is 0 Å². The molecule has 0 N–H and O–H groups in total. The molecule has 0 atom stereocenters. The van der Waals surface area contributed by atoms with Gasteiger partial charge in [-0.3, -0.25) is 4.68 Å². The van der Waals surface area contributed by atoms with Crippen LogP contribution in [0.5, 0.6) is 5.75 Å². The highest BCUT2D eigenvalue weighted by Gasteiger charge is 2.13. The number of benzene rings is 1. The first kappa shape index (κ1) is 16.3. The third-order valence-electron chi connectivity index (χ3n) is 3.31. The number of carbonyl (C=O) groups excluding carboxylic acids is 1. The summed E-state index contributed by atoms with van der Waals surface area (Å²) in [5.74, 6) is 1.05. The maximum atomic E-state index is 12.0. The standard InChI is InChI=1S/C17H15BrN2O4/c1-22-14-4-2-12(3-5-14)11-23-17(21)16-7-6-15(24-16)10-20-9-13(18)8-19-20/h2-9H,10-11H2,1H3. The average Bonchev–Trinajstić information content (AvgIpc) is 3.22. The minimum Gasteiger partial charge on any atom is -0.497 e. The van der Waals surface area contributed by atoms with Crippen molar-refractivity contribution in [1.82, 2.24) is 9.78 Å². The highest BCUT2D eigenvalue weighted by atomic mass is 79.9. The van der Waals surface area contributed by atoms with Crippen LogP contribution < -0.4 is 4.74 Å². The second-order valence-electron chi connectivity index (χ2n) is 5.05. The predicted molar refractivity (Wildman–Crippen MR) is 89.9 cm³/mol. The van der Waals surface area contributed by atoms with Gasteiger partial charge in [0.15, 0.2) is 0 Å². The van der Waals surface area contributed by atoms with Crippen molar-refractivity contribution in [2.24, 2.45) is 0 Å².